The Morgan fingerprint density at radius 1 is 1.12 bits per heavy atom. The molecule has 0 saturated heterocycles. The normalized spacial score (nSPS) is 21.5. The standard InChI is InChI=1S/C18H23N3O4S/c1-12-6-7-14(10-16(12)21-17(22)13-4-2-3-5-13)19-18(23)20-15-8-9-26(24,25)11-15/h6-10,13,15H,2-5,11H2,1H3,(H,21,22)(H2,19,20,23). The number of carbonyl (C=O) groups excluding carboxylic acids is 2. The van der Waals surface area contributed by atoms with E-state index >= 15 is 0 Å². The molecule has 1 saturated carbocycles. The Bertz CT molecular complexity index is 842. The Hall–Kier alpha value is -2.35. The number of amides is 3. The molecule has 8 heteroatoms. The van der Waals surface area contributed by atoms with Crippen LogP contribution in [0, 0.1) is 12.8 Å². The summed E-state index contributed by atoms with van der Waals surface area (Å²) in [7, 11) is -3.22. The predicted molar refractivity (Wildman–Crippen MR) is 101 cm³/mol. The van der Waals surface area contributed by atoms with Gasteiger partial charge in [-0.1, -0.05) is 18.9 Å². The van der Waals surface area contributed by atoms with E-state index in [0.717, 1.165) is 36.7 Å². The average Bonchev–Trinajstić information content (AvgIpc) is 3.20. The molecule has 1 aliphatic heterocycles. The van der Waals surface area contributed by atoms with Crippen molar-refractivity contribution in [2.75, 3.05) is 16.4 Å². The third-order valence-electron chi connectivity index (χ3n) is 4.73. The number of aryl methyl sites for hydroxylation is 1. The van der Waals surface area contributed by atoms with Crippen molar-refractivity contribution in [1.29, 1.82) is 0 Å². The Balaban J connectivity index is 1.60. The number of urea groups is 1. The van der Waals surface area contributed by atoms with E-state index in [4.69, 9.17) is 0 Å². The summed E-state index contributed by atoms with van der Waals surface area (Å²) in [4.78, 5) is 24.4. The Kier molecular flexibility index (Phi) is 5.31. The zero-order valence-corrected chi connectivity index (χ0v) is 15.4. The lowest BCUT2D eigenvalue weighted by molar-refractivity contribution is -0.119. The highest BCUT2D eigenvalue weighted by Crippen LogP contribution is 2.27. The van der Waals surface area contributed by atoms with Crippen molar-refractivity contribution >= 4 is 33.2 Å². The first kappa shape index (κ1) is 18.4. The molecule has 2 aliphatic rings. The van der Waals surface area contributed by atoms with Gasteiger partial charge in [-0.3, -0.25) is 4.79 Å². The van der Waals surface area contributed by atoms with Gasteiger partial charge in [0.2, 0.25) is 5.91 Å². The largest absolute Gasteiger partial charge is 0.331 e. The molecule has 1 aromatic rings. The summed E-state index contributed by atoms with van der Waals surface area (Å²) < 4.78 is 22.8. The van der Waals surface area contributed by atoms with Crippen LogP contribution in [-0.4, -0.2) is 32.2 Å². The minimum Gasteiger partial charge on any atom is -0.331 e. The smallest absolute Gasteiger partial charge is 0.319 e. The number of hydrogen-bond acceptors (Lipinski definition) is 4. The molecule has 3 amide bonds. The molecule has 1 aromatic carbocycles. The Labute approximate surface area is 153 Å². The molecule has 1 heterocycles. The van der Waals surface area contributed by atoms with Crippen molar-refractivity contribution in [3.8, 4) is 0 Å². The fraction of sp³-hybridized carbons (Fsp3) is 0.444. The lowest BCUT2D eigenvalue weighted by Gasteiger charge is -2.15. The van der Waals surface area contributed by atoms with Crippen molar-refractivity contribution < 1.29 is 18.0 Å². The fourth-order valence-electron chi connectivity index (χ4n) is 3.26. The van der Waals surface area contributed by atoms with Gasteiger partial charge in [0.25, 0.3) is 0 Å². The molecule has 3 rings (SSSR count). The first-order valence-corrected chi connectivity index (χ1v) is 10.4. The molecule has 0 spiro atoms. The number of nitrogens with one attached hydrogen (secondary N) is 3. The van der Waals surface area contributed by atoms with Gasteiger partial charge in [0.05, 0.1) is 11.8 Å². The maximum Gasteiger partial charge on any atom is 0.319 e. The topological polar surface area (TPSA) is 104 Å². The monoisotopic (exact) mass is 377 g/mol. The molecule has 7 nitrogen and oxygen atoms in total. The molecule has 0 aromatic heterocycles. The second kappa shape index (κ2) is 7.49. The lowest BCUT2D eigenvalue weighted by atomic mass is 10.1. The summed E-state index contributed by atoms with van der Waals surface area (Å²) in [5.74, 6) is -0.0456. The molecule has 0 bridgehead atoms. The number of sulfone groups is 1. The van der Waals surface area contributed by atoms with Crippen LogP contribution in [0.25, 0.3) is 0 Å². The van der Waals surface area contributed by atoms with Crippen LogP contribution >= 0.6 is 0 Å². The third-order valence-corrected chi connectivity index (χ3v) is 6.12. The van der Waals surface area contributed by atoms with E-state index in [-0.39, 0.29) is 17.6 Å². The molecule has 1 fully saturated rings. The number of anilines is 2. The van der Waals surface area contributed by atoms with Crippen LogP contribution in [0.3, 0.4) is 0 Å². The van der Waals surface area contributed by atoms with Crippen LogP contribution in [-0.2, 0) is 14.6 Å². The van der Waals surface area contributed by atoms with E-state index in [9.17, 15) is 18.0 Å². The van der Waals surface area contributed by atoms with Crippen molar-refractivity contribution in [2.45, 2.75) is 38.6 Å². The third kappa shape index (κ3) is 4.63. The number of carbonyl (C=O) groups is 2. The molecule has 1 unspecified atom stereocenters. The maximum absolute atomic E-state index is 12.3. The highest BCUT2D eigenvalue weighted by atomic mass is 32.2. The second-order valence-electron chi connectivity index (χ2n) is 6.86. The summed E-state index contributed by atoms with van der Waals surface area (Å²) in [6.07, 6.45) is 5.47. The molecule has 26 heavy (non-hydrogen) atoms. The summed E-state index contributed by atoms with van der Waals surface area (Å²) in [6, 6.07) is 4.24. The van der Waals surface area contributed by atoms with Gasteiger partial charge in [-0.2, -0.15) is 0 Å². The van der Waals surface area contributed by atoms with E-state index < -0.39 is 21.9 Å². The SMILES string of the molecule is Cc1ccc(NC(=O)NC2C=CS(=O)(=O)C2)cc1NC(=O)C1CCCC1. The molecule has 3 N–H and O–H groups in total. The van der Waals surface area contributed by atoms with Gasteiger partial charge in [-0.25, -0.2) is 13.2 Å². The van der Waals surface area contributed by atoms with Gasteiger partial charge in [0.1, 0.15) is 0 Å². The van der Waals surface area contributed by atoms with Crippen molar-refractivity contribution in [1.82, 2.24) is 5.32 Å². The van der Waals surface area contributed by atoms with Crippen LogP contribution in [0.15, 0.2) is 29.7 Å². The van der Waals surface area contributed by atoms with Gasteiger partial charge in [0, 0.05) is 22.7 Å². The zero-order chi connectivity index (χ0) is 18.7. The zero-order valence-electron chi connectivity index (χ0n) is 14.6. The highest BCUT2D eigenvalue weighted by Gasteiger charge is 2.24. The number of rotatable bonds is 4. The van der Waals surface area contributed by atoms with E-state index in [2.05, 4.69) is 16.0 Å². The van der Waals surface area contributed by atoms with E-state index in [0.29, 0.717) is 11.4 Å². The van der Waals surface area contributed by atoms with Crippen molar-refractivity contribution in [3.05, 3.63) is 35.2 Å². The first-order valence-electron chi connectivity index (χ1n) is 8.72. The van der Waals surface area contributed by atoms with Crippen LogP contribution in [0.4, 0.5) is 16.2 Å². The Morgan fingerprint density at radius 3 is 2.50 bits per heavy atom. The summed E-state index contributed by atoms with van der Waals surface area (Å²) in [5, 5.41) is 9.34. The maximum atomic E-state index is 12.3. The van der Waals surface area contributed by atoms with E-state index in [1.807, 2.05) is 13.0 Å². The summed E-state index contributed by atoms with van der Waals surface area (Å²) in [6.45, 7) is 1.89. The van der Waals surface area contributed by atoms with Gasteiger partial charge < -0.3 is 16.0 Å². The average molecular weight is 377 g/mol. The highest BCUT2D eigenvalue weighted by molar-refractivity contribution is 7.94. The summed E-state index contributed by atoms with van der Waals surface area (Å²) >= 11 is 0. The fourth-order valence-corrected chi connectivity index (χ4v) is 4.49. The minimum absolute atomic E-state index is 0.0218. The van der Waals surface area contributed by atoms with Crippen molar-refractivity contribution in [3.63, 3.8) is 0 Å². The number of benzene rings is 1. The van der Waals surface area contributed by atoms with Crippen LogP contribution in [0.1, 0.15) is 31.2 Å². The molecular formula is C18H23N3O4S. The van der Waals surface area contributed by atoms with Crippen LogP contribution < -0.4 is 16.0 Å². The van der Waals surface area contributed by atoms with Crippen molar-refractivity contribution in [2.24, 2.45) is 5.92 Å². The van der Waals surface area contributed by atoms with Crippen LogP contribution in [0.5, 0.6) is 0 Å². The predicted octanol–water partition coefficient (Wildman–Crippen LogP) is 2.56. The number of hydrogen-bond donors (Lipinski definition) is 3. The first-order chi connectivity index (χ1) is 12.3. The van der Waals surface area contributed by atoms with Gasteiger partial charge in [0.15, 0.2) is 9.84 Å². The van der Waals surface area contributed by atoms with E-state index in [1.165, 1.54) is 6.08 Å². The lowest BCUT2D eigenvalue weighted by Crippen LogP contribution is -2.38. The second-order valence-corrected chi connectivity index (χ2v) is 8.79. The molecule has 0 radical (unpaired) electrons. The molecule has 1 atom stereocenters. The van der Waals surface area contributed by atoms with Crippen LogP contribution in [0.2, 0.25) is 0 Å². The Morgan fingerprint density at radius 2 is 1.85 bits per heavy atom. The molecule has 140 valence electrons. The quantitative estimate of drug-likeness (QED) is 0.750. The molecular weight excluding hydrogens is 354 g/mol. The van der Waals surface area contributed by atoms with Gasteiger partial charge in [-0.15, -0.1) is 0 Å². The minimum atomic E-state index is -3.22. The molecule has 1 aliphatic carbocycles. The van der Waals surface area contributed by atoms with E-state index in [1.54, 1.807) is 12.1 Å². The summed E-state index contributed by atoms with van der Waals surface area (Å²) in [5.41, 5.74) is 2.11. The van der Waals surface area contributed by atoms with Gasteiger partial charge in [-0.05, 0) is 43.5 Å². The van der Waals surface area contributed by atoms with Gasteiger partial charge >= 0.3 is 6.03 Å².